The summed E-state index contributed by atoms with van der Waals surface area (Å²) < 4.78 is 0. The average Bonchev–Trinajstić information content (AvgIpc) is 2.38. The molecule has 2 rings (SSSR count). The molecule has 0 saturated heterocycles. The second-order valence-corrected chi connectivity index (χ2v) is 4.99. The van der Waals surface area contributed by atoms with E-state index in [9.17, 15) is 0 Å². The molecule has 0 aliphatic heterocycles. The number of anilines is 1. The van der Waals surface area contributed by atoms with Crippen LogP contribution in [0.25, 0.3) is 0 Å². The van der Waals surface area contributed by atoms with Crippen molar-refractivity contribution in [3.8, 4) is 0 Å². The molecule has 0 fully saturated rings. The molecular weight excluding hydrogens is 254 g/mol. The number of rotatable bonds is 4. The van der Waals surface area contributed by atoms with Gasteiger partial charge in [0.25, 0.3) is 0 Å². The highest BCUT2D eigenvalue weighted by Crippen LogP contribution is 2.23. The second kappa shape index (κ2) is 7.20. The van der Waals surface area contributed by atoms with Gasteiger partial charge in [-0.1, -0.05) is 48.5 Å². The summed E-state index contributed by atoms with van der Waals surface area (Å²) >= 11 is 0. The maximum Gasteiger partial charge on any atom is 0.0432 e. The van der Waals surface area contributed by atoms with Crippen molar-refractivity contribution in [1.82, 2.24) is 0 Å². The number of hydrogen-bond donors (Lipinski definition) is 0. The first-order chi connectivity index (χ1) is 8.68. The van der Waals surface area contributed by atoms with E-state index in [0.29, 0.717) is 6.04 Å². The fraction of sp³-hybridized carbons (Fsp3) is 0.294. The molecule has 0 N–H and O–H groups in total. The number of nitrogens with zero attached hydrogens (tertiary/aromatic N) is 1. The van der Waals surface area contributed by atoms with Crippen LogP contribution in [-0.2, 0) is 6.54 Å². The van der Waals surface area contributed by atoms with Crippen molar-refractivity contribution in [3.63, 3.8) is 0 Å². The van der Waals surface area contributed by atoms with E-state index >= 15 is 0 Å². The monoisotopic (exact) mass is 275 g/mol. The number of benzene rings is 2. The van der Waals surface area contributed by atoms with E-state index in [0.717, 1.165) is 6.54 Å². The Morgan fingerprint density at radius 3 is 2.05 bits per heavy atom. The molecule has 102 valence electrons. The highest BCUT2D eigenvalue weighted by Gasteiger charge is 2.12. The molecule has 0 aromatic heterocycles. The third kappa shape index (κ3) is 4.00. The minimum Gasteiger partial charge on any atom is -0.365 e. The van der Waals surface area contributed by atoms with E-state index in [1.807, 2.05) is 0 Å². The summed E-state index contributed by atoms with van der Waals surface area (Å²) in [5.41, 5.74) is 4.02. The molecule has 0 aliphatic rings. The van der Waals surface area contributed by atoms with Gasteiger partial charge in [0.15, 0.2) is 0 Å². The lowest BCUT2D eigenvalue weighted by Gasteiger charge is -2.30. The van der Waals surface area contributed by atoms with Gasteiger partial charge in [0, 0.05) is 18.3 Å². The van der Waals surface area contributed by atoms with Gasteiger partial charge in [-0.3, -0.25) is 0 Å². The van der Waals surface area contributed by atoms with Gasteiger partial charge in [-0.25, -0.2) is 0 Å². The molecule has 0 saturated carbocycles. The fourth-order valence-corrected chi connectivity index (χ4v) is 2.21. The summed E-state index contributed by atoms with van der Waals surface area (Å²) in [6.07, 6.45) is 0. The van der Waals surface area contributed by atoms with Crippen molar-refractivity contribution in [2.24, 2.45) is 0 Å². The van der Waals surface area contributed by atoms with Crippen LogP contribution in [0.5, 0.6) is 0 Å². The highest BCUT2D eigenvalue weighted by molar-refractivity contribution is 5.85. The standard InChI is InChI=1S/C17H21N.ClH/c1-14(2)18(13-16-10-5-4-6-11-16)17-12-8-7-9-15(17)3;/h4-12,14H,13H2,1-3H3;1H. The zero-order valence-corrected chi connectivity index (χ0v) is 12.7. The van der Waals surface area contributed by atoms with Crippen LogP contribution in [0.4, 0.5) is 5.69 Å². The van der Waals surface area contributed by atoms with E-state index < -0.39 is 0 Å². The SMILES string of the molecule is Cc1ccccc1N(Cc1ccccc1)C(C)C.Cl. The molecule has 0 bridgehead atoms. The Morgan fingerprint density at radius 2 is 1.47 bits per heavy atom. The lowest BCUT2D eigenvalue weighted by atomic mass is 10.1. The van der Waals surface area contributed by atoms with Crippen LogP contribution in [0.15, 0.2) is 54.6 Å². The molecular formula is C17H22ClN. The first-order valence-electron chi connectivity index (χ1n) is 6.54. The maximum absolute atomic E-state index is 2.45. The topological polar surface area (TPSA) is 3.24 Å². The van der Waals surface area contributed by atoms with Crippen molar-refractivity contribution in [2.45, 2.75) is 33.4 Å². The lowest BCUT2D eigenvalue weighted by molar-refractivity contribution is 0.680. The van der Waals surface area contributed by atoms with Crippen molar-refractivity contribution in [3.05, 3.63) is 65.7 Å². The van der Waals surface area contributed by atoms with Crippen LogP contribution in [0.2, 0.25) is 0 Å². The number of halogens is 1. The normalized spacial score (nSPS) is 10.1. The Hall–Kier alpha value is -1.47. The van der Waals surface area contributed by atoms with Gasteiger partial charge < -0.3 is 4.90 Å². The van der Waals surface area contributed by atoms with Gasteiger partial charge in [0.2, 0.25) is 0 Å². The quantitative estimate of drug-likeness (QED) is 0.772. The molecule has 19 heavy (non-hydrogen) atoms. The molecule has 2 aromatic carbocycles. The van der Waals surface area contributed by atoms with E-state index in [-0.39, 0.29) is 12.4 Å². The van der Waals surface area contributed by atoms with E-state index in [2.05, 4.69) is 80.3 Å². The molecule has 0 spiro atoms. The molecule has 1 nitrogen and oxygen atoms in total. The molecule has 0 amide bonds. The number of aryl methyl sites for hydroxylation is 1. The average molecular weight is 276 g/mol. The Labute approximate surface area is 122 Å². The predicted octanol–water partition coefficient (Wildman–Crippen LogP) is 4.83. The summed E-state index contributed by atoms with van der Waals surface area (Å²) in [6, 6.07) is 19.7. The molecule has 0 heterocycles. The van der Waals surface area contributed by atoms with Crippen LogP contribution >= 0.6 is 12.4 Å². The minimum atomic E-state index is 0. The molecule has 2 heteroatoms. The van der Waals surface area contributed by atoms with Gasteiger partial charge in [-0.15, -0.1) is 12.4 Å². The van der Waals surface area contributed by atoms with E-state index in [1.54, 1.807) is 0 Å². The molecule has 0 atom stereocenters. The third-order valence-electron chi connectivity index (χ3n) is 3.24. The Kier molecular flexibility index (Phi) is 5.91. The maximum atomic E-state index is 2.45. The van der Waals surface area contributed by atoms with Gasteiger partial charge >= 0.3 is 0 Å². The van der Waals surface area contributed by atoms with Crippen molar-refractivity contribution < 1.29 is 0 Å². The minimum absolute atomic E-state index is 0. The third-order valence-corrected chi connectivity index (χ3v) is 3.24. The molecule has 2 aromatic rings. The summed E-state index contributed by atoms with van der Waals surface area (Å²) in [5, 5.41) is 0. The summed E-state index contributed by atoms with van der Waals surface area (Å²) in [4.78, 5) is 2.45. The van der Waals surface area contributed by atoms with Crippen LogP contribution in [-0.4, -0.2) is 6.04 Å². The van der Waals surface area contributed by atoms with Crippen LogP contribution in [0.3, 0.4) is 0 Å². The highest BCUT2D eigenvalue weighted by atomic mass is 35.5. The Bertz CT molecular complexity index is 494. The molecule has 0 unspecified atom stereocenters. The molecule has 0 aliphatic carbocycles. The lowest BCUT2D eigenvalue weighted by Crippen LogP contribution is -2.30. The summed E-state index contributed by atoms with van der Waals surface area (Å²) in [7, 11) is 0. The van der Waals surface area contributed by atoms with E-state index in [1.165, 1.54) is 16.8 Å². The van der Waals surface area contributed by atoms with Crippen molar-refractivity contribution in [1.29, 1.82) is 0 Å². The first kappa shape index (κ1) is 15.6. The van der Waals surface area contributed by atoms with Crippen molar-refractivity contribution >= 4 is 18.1 Å². The van der Waals surface area contributed by atoms with E-state index in [4.69, 9.17) is 0 Å². The second-order valence-electron chi connectivity index (χ2n) is 4.99. The first-order valence-corrected chi connectivity index (χ1v) is 6.54. The summed E-state index contributed by atoms with van der Waals surface area (Å²) in [6.45, 7) is 7.63. The van der Waals surface area contributed by atoms with Gasteiger partial charge in [0.1, 0.15) is 0 Å². The van der Waals surface area contributed by atoms with Gasteiger partial charge in [-0.2, -0.15) is 0 Å². The molecule has 0 radical (unpaired) electrons. The number of para-hydroxylation sites is 1. The smallest absolute Gasteiger partial charge is 0.0432 e. The zero-order chi connectivity index (χ0) is 13.0. The Morgan fingerprint density at radius 1 is 0.895 bits per heavy atom. The Balaban J connectivity index is 0.00000180. The van der Waals surface area contributed by atoms with Crippen LogP contribution in [0, 0.1) is 6.92 Å². The predicted molar refractivity (Wildman–Crippen MR) is 86.2 cm³/mol. The zero-order valence-electron chi connectivity index (χ0n) is 11.8. The van der Waals surface area contributed by atoms with Gasteiger partial charge in [0.05, 0.1) is 0 Å². The van der Waals surface area contributed by atoms with Crippen molar-refractivity contribution in [2.75, 3.05) is 4.90 Å². The van der Waals surface area contributed by atoms with Crippen LogP contribution < -0.4 is 4.90 Å². The van der Waals surface area contributed by atoms with Gasteiger partial charge in [-0.05, 0) is 38.0 Å². The fourth-order valence-electron chi connectivity index (χ4n) is 2.21. The van der Waals surface area contributed by atoms with Crippen LogP contribution in [0.1, 0.15) is 25.0 Å². The largest absolute Gasteiger partial charge is 0.365 e. The summed E-state index contributed by atoms with van der Waals surface area (Å²) in [5.74, 6) is 0. The number of hydrogen-bond acceptors (Lipinski definition) is 1.